The molecule has 1 atom stereocenters. The number of aliphatic hydroxyl groups is 1. The highest BCUT2D eigenvalue weighted by molar-refractivity contribution is 5.18. The second kappa shape index (κ2) is 6.86. The van der Waals surface area contributed by atoms with Crippen LogP contribution in [-0.4, -0.2) is 53.7 Å². The minimum atomic E-state index is -0.520. The largest absolute Gasteiger partial charge is 0.387 e. The van der Waals surface area contributed by atoms with Gasteiger partial charge >= 0.3 is 0 Å². The summed E-state index contributed by atoms with van der Waals surface area (Å²) in [6, 6.07) is 6.93. The molecule has 0 saturated carbocycles. The van der Waals surface area contributed by atoms with Gasteiger partial charge in [-0.1, -0.05) is 12.1 Å². The van der Waals surface area contributed by atoms with Crippen LogP contribution in [0.4, 0.5) is 4.39 Å². The third kappa shape index (κ3) is 3.82. The molecule has 116 valence electrons. The Hall–Kier alpha value is -0.970. The molecule has 2 heterocycles. The molecular weight excluding hydrogens is 267 g/mol. The third-order valence-corrected chi connectivity index (χ3v) is 4.90. The highest BCUT2D eigenvalue weighted by Gasteiger charge is 2.27. The molecule has 2 fully saturated rings. The molecule has 1 unspecified atom stereocenters. The van der Waals surface area contributed by atoms with Gasteiger partial charge in [-0.05, 0) is 69.6 Å². The normalized spacial score (nSPS) is 23.5. The predicted octanol–water partition coefficient (Wildman–Crippen LogP) is 2.42. The van der Waals surface area contributed by atoms with E-state index < -0.39 is 6.10 Å². The van der Waals surface area contributed by atoms with E-state index in [1.54, 1.807) is 12.1 Å². The first-order chi connectivity index (χ1) is 10.2. The molecule has 1 N–H and O–H groups in total. The first-order valence-electron chi connectivity index (χ1n) is 8.12. The lowest BCUT2D eigenvalue weighted by molar-refractivity contribution is 0.0738. The van der Waals surface area contributed by atoms with E-state index in [1.807, 2.05) is 0 Å². The Morgan fingerprint density at radius 2 is 1.67 bits per heavy atom. The van der Waals surface area contributed by atoms with Gasteiger partial charge in [0.1, 0.15) is 5.82 Å². The molecule has 2 aliphatic rings. The highest BCUT2D eigenvalue weighted by Crippen LogP contribution is 2.23. The fourth-order valence-electron chi connectivity index (χ4n) is 3.61. The second-order valence-corrected chi connectivity index (χ2v) is 6.34. The molecule has 0 aromatic heterocycles. The van der Waals surface area contributed by atoms with Crippen LogP contribution in [0.2, 0.25) is 0 Å². The van der Waals surface area contributed by atoms with E-state index in [1.165, 1.54) is 50.9 Å². The molecule has 0 aliphatic carbocycles. The van der Waals surface area contributed by atoms with Crippen molar-refractivity contribution in [3.05, 3.63) is 35.6 Å². The molecular formula is C17H25FN2O. The SMILES string of the molecule is OC(CN1CCC(N2CCCC2)CC1)c1ccc(F)cc1. The second-order valence-electron chi connectivity index (χ2n) is 6.34. The van der Waals surface area contributed by atoms with Crippen molar-refractivity contribution in [3.8, 4) is 0 Å². The summed E-state index contributed by atoms with van der Waals surface area (Å²) in [7, 11) is 0. The van der Waals surface area contributed by atoms with Crippen molar-refractivity contribution in [2.45, 2.75) is 37.8 Å². The number of aliphatic hydroxyl groups excluding tert-OH is 1. The van der Waals surface area contributed by atoms with Crippen molar-refractivity contribution in [1.82, 2.24) is 9.80 Å². The first-order valence-corrected chi connectivity index (χ1v) is 8.12. The Morgan fingerprint density at radius 3 is 2.29 bits per heavy atom. The fourth-order valence-corrected chi connectivity index (χ4v) is 3.61. The number of halogens is 1. The van der Waals surface area contributed by atoms with Crippen LogP contribution >= 0.6 is 0 Å². The number of hydrogen-bond acceptors (Lipinski definition) is 3. The molecule has 0 bridgehead atoms. The van der Waals surface area contributed by atoms with Crippen LogP contribution in [-0.2, 0) is 0 Å². The number of rotatable bonds is 4. The van der Waals surface area contributed by atoms with Gasteiger partial charge in [-0.15, -0.1) is 0 Å². The van der Waals surface area contributed by atoms with Gasteiger partial charge in [0.25, 0.3) is 0 Å². The quantitative estimate of drug-likeness (QED) is 0.923. The zero-order chi connectivity index (χ0) is 14.7. The molecule has 2 aliphatic heterocycles. The van der Waals surface area contributed by atoms with Crippen LogP contribution in [0.5, 0.6) is 0 Å². The van der Waals surface area contributed by atoms with Crippen LogP contribution < -0.4 is 0 Å². The maximum atomic E-state index is 12.9. The number of nitrogens with zero attached hydrogens (tertiary/aromatic N) is 2. The molecule has 3 rings (SSSR count). The van der Waals surface area contributed by atoms with E-state index in [-0.39, 0.29) is 5.82 Å². The Kier molecular flexibility index (Phi) is 4.88. The number of benzene rings is 1. The standard InChI is InChI=1S/C17H25FN2O/c18-15-5-3-14(4-6-15)17(21)13-19-11-7-16(8-12-19)20-9-1-2-10-20/h3-6,16-17,21H,1-2,7-13H2. The van der Waals surface area contributed by atoms with Gasteiger partial charge in [-0.25, -0.2) is 4.39 Å². The predicted molar refractivity (Wildman–Crippen MR) is 81.6 cm³/mol. The van der Waals surface area contributed by atoms with E-state index in [0.717, 1.165) is 24.7 Å². The van der Waals surface area contributed by atoms with E-state index in [2.05, 4.69) is 9.80 Å². The van der Waals surface area contributed by atoms with Crippen molar-refractivity contribution < 1.29 is 9.50 Å². The third-order valence-electron chi connectivity index (χ3n) is 4.90. The topological polar surface area (TPSA) is 26.7 Å². The van der Waals surface area contributed by atoms with Crippen LogP contribution in [0.1, 0.15) is 37.4 Å². The van der Waals surface area contributed by atoms with Crippen molar-refractivity contribution in [2.24, 2.45) is 0 Å². The first kappa shape index (κ1) is 14.9. The summed E-state index contributed by atoms with van der Waals surface area (Å²) in [5, 5.41) is 10.3. The monoisotopic (exact) mass is 292 g/mol. The summed E-state index contributed by atoms with van der Waals surface area (Å²) in [5.74, 6) is -0.252. The molecule has 1 aromatic rings. The van der Waals surface area contributed by atoms with Crippen LogP contribution in [0.15, 0.2) is 24.3 Å². The van der Waals surface area contributed by atoms with E-state index in [0.29, 0.717) is 6.54 Å². The molecule has 3 nitrogen and oxygen atoms in total. The molecule has 0 spiro atoms. The summed E-state index contributed by atoms with van der Waals surface area (Å²) in [6.07, 6.45) is 4.59. The maximum absolute atomic E-state index is 12.9. The summed E-state index contributed by atoms with van der Waals surface area (Å²) < 4.78 is 12.9. The van der Waals surface area contributed by atoms with Gasteiger partial charge in [-0.3, -0.25) is 0 Å². The average molecular weight is 292 g/mol. The number of β-amino-alcohol motifs (C(OH)–C–C–N with tert-alkyl or cyclic N) is 1. The summed E-state index contributed by atoms with van der Waals surface area (Å²) in [4.78, 5) is 4.97. The number of likely N-dealkylation sites (tertiary alicyclic amines) is 2. The Bertz CT molecular complexity index is 437. The lowest BCUT2D eigenvalue weighted by Crippen LogP contribution is -2.44. The van der Waals surface area contributed by atoms with E-state index in [9.17, 15) is 9.50 Å². The average Bonchev–Trinajstić information content (AvgIpc) is 3.03. The minimum Gasteiger partial charge on any atom is -0.387 e. The molecule has 0 radical (unpaired) electrons. The zero-order valence-corrected chi connectivity index (χ0v) is 12.5. The molecule has 1 aromatic carbocycles. The molecule has 4 heteroatoms. The van der Waals surface area contributed by atoms with Crippen LogP contribution in [0, 0.1) is 5.82 Å². The summed E-state index contributed by atoms with van der Waals surface area (Å²) >= 11 is 0. The van der Waals surface area contributed by atoms with E-state index in [4.69, 9.17) is 0 Å². The fraction of sp³-hybridized carbons (Fsp3) is 0.647. The van der Waals surface area contributed by atoms with Crippen molar-refractivity contribution in [3.63, 3.8) is 0 Å². The highest BCUT2D eigenvalue weighted by atomic mass is 19.1. The van der Waals surface area contributed by atoms with Crippen LogP contribution in [0.3, 0.4) is 0 Å². The van der Waals surface area contributed by atoms with Gasteiger partial charge in [0.15, 0.2) is 0 Å². The Labute approximate surface area is 126 Å². The molecule has 21 heavy (non-hydrogen) atoms. The lowest BCUT2D eigenvalue weighted by atomic mass is 10.0. The number of piperidine rings is 1. The Morgan fingerprint density at radius 1 is 1.05 bits per heavy atom. The van der Waals surface area contributed by atoms with Crippen molar-refractivity contribution in [1.29, 1.82) is 0 Å². The minimum absolute atomic E-state index is 0.252. The molecule has 2 saturated heterocycles. The van der Waals surface area contributed by atoms with E-state index >= 15 is 0 Å². The van der Waals surface area contributed by atoms with Gasteiger partial charge < -0.3 is 14.9 Å². The van der Waals surface area contributed by atoms with Crippen molar-refractivity contribution in [2.75, 3.05) is 32.7 Å². The smallest absolute Gasteiger partial charge is 0.123 e. The summed E-state index contributed by atoms with van der Waals surface area (Å²) in [6.45, 7) is 5.29. The van der Waals surface area contributed by atoms with Crippen LogP contribution in [0.25, 0.3) is 0 Å². The van der Waals surface area contributed by atoms with Crippen molar-refractivity contribution >= 4 is 0 Å². The number of hydrogen-bond donors (Lipinski definition) is 1. The van der Waals surface area contributed by atoms with Gasteiger partial charge in [0, 0.05) is 12.6 Å². The van der Waals surface area contributed by atoms with Gasteiger partial charge in [-0.2, -0.15) is 0 Å². The van der Waals surface area contributed by atoms with Gasteiger partial charge in [0.2, 0.25) is 0 Å². The Balaban J connectivity index is 1.47. The van der Waals surface area contributed by atoms with Gasteiger partial charge in [0.05, 0.1) is 6.10 Å². The maximum Gasteiger partial charge on any atom is 0.123 e. The lowest BCUT2D eigenvalue weighted by Gasteiger charge is -2.37. The summed E-state index contributed by atoms with van der Waals surface area (Å²) in [5.41, 5.74) is 0.804. The zero-order valence-electron chi connectivity index (χ0n) is 12.5. The molecule has 0 amide bonds.